The maximum Gasteiger partial charge on any atom is 0.387 e. The normalized spacial score (nSPS) is 8.90. The third kappa shape index (κ3) is 1.69. The molecule has 0 aliphatic carbocycles. The predicted octanol–water partition coefficient (Wildman–Crippen LogP) is 3.59. The molecule has 0 unspecified atom stereocenters. The summed E-state index contributed by atoms with van der Waals surface area (Å²) in [5.41, 5.74) is 0.444. The summed E-state index contributed by atoms with van der Waals surface area (Å²) in [6, 6.07) is 4.94. The minimum Gasteiger partial charge on any atom is -0.0840 e. The van der Waals surface area contributed by atoms with Crippen molar-refractivity contribution < 1.29 is 0 Å². The van der Waals surface area contributed by atoms with Crippen LogP contribution < -0.4 is 0 Å². The zero-order valence-electron chi connectivity index (χ0n) is 4.88. The Bertz CT molecular complexity index is 272. The summed E-state index contributed by atoms with van der Waals surface area (Å²) < 4.78 is 0.799. The van der Waals surface area contributed by atoms with E-state index in [-0.39, 0.29) is 0 Å². The zero-order valence-corrected chi connectivity index (χ0v) is 7.22. The number of nitrogens with zero attached hydrogens (tertiary/aromatic N) is 2. The highest BCUT2D eigenvalue weighted by molar-refractivity contribution is 9.10. The van der Waals surface area contributed by atoms with E-state index in [2.05, 4.69) is 20.9 Å². The Morgan fingerprint density at radius 1 is 1.40 bits per heavy atom. The molecule has 2 nitrogen and oxygen atoms in total. The SMILES string of the molecule is N#[N+]c1cc(Cl)cc(Br)c1. The molecule has 50 valence electrons. The Morgan fingerprint density at radius 2 is 2.10 bits per heavy atom. The third-order valence-electron chi connectivity index (χ3n) is 0.963. The van der Waals surface area contributed by atoms with Crippen LogP contribution in [-0.2, 0) is 0 Å². The Kier molecular flexibility index (Phi) is 2.25. The van der Waals surface area contributed by atoms with E-state index in [9.17, 15) is 0 Å². The van der Waals surface area contributed by atoms with E-state index >= 15 is 0 Å². The maximum atomic E-state index is 8.33. The fourth-order valence-corrected chi connectivity index (χ4v) is 1.44. The Labute approximate surface area is 71.6 Å². The lowest BCUT2D eigenvalue weighted by molar-refractivity contribution is 1.46. The number of hydrogen-bond acceptors (Lipinski definition) is 1. The first-order valence-corrected chi connectivity index (χ1v) is 3.70. The molecule has 0 amide bonds. The van der Waals surface area contributed by atoms with Crippen LogP contribution in [0.25, 0.3) is 4.98 Å². The number of diazo groups is 1. The minimum atomic E-state index is 0.444. The molecule has 1 aromatic rings. The van der Waals surface area contributed by atoms with Gasteiger partial charge in [0.15, 0.2) is 4.98 Å². The molecular formula is C6H3BrClN2+. The van der Waals surface area contributed by atoms with Crippen molar-refractivity contribution in [2.24, 2.45) is 0 Å². The van der Waals surface area contributed by atoms with Gasteiger partial charge in [0.25, 0.3) is 0 Å². The van der Waals surface area contributed by atoms with Gasteiger partial charge in [-0.15, -0.1) is 0 Å². The average Bonchev–Trinajstić information content (AvgIpc) is 1.85. The summed E-state index contributed by atoms with van der Waals surface area (Å²) in [6.45, 7) is 0. The van der Waals surface area contributed by atoms with Gasteiger partial charge >= 0.3 is 5.69 Å². The molecule has 0 spiro atoms. The van der Waals surface area contributed by atoms with Crippen molar-refractivity contribution in [2.45, 2.75) is 0 Å². The highest BCUT2D eigenvalue weighted by Crippen LogP contribution is 2.24. The zero-order chi connectivity index (χ0) is 7.56. The highest BCUT2D eigenvalue weighted by atomic mass is 79.9. The standard InChI is InChI=1S/C6H3BrClN2/c7-4-1-5(8)3-6(2-4)10-9/h1-3H/q+1. The highest BCUT2D eigenvalue weighted by Gasteiger charge is 2.05. The molecule has 0 N–H and O–H groups in total. The first-order chi connectivity index (χ1) is 4.72. The van der Waals surface area contributed by atoms with Crippen LogP contribution in [0.4, 0.5) is 5.69 Å². The van der Waals surface area contributed by atoms with Gasteiger partial charge in [-0.2, -0.15) is 0 Å². The van der Waals surface area contributed by atoms with Crippen LogP contribution in [0.1, 0.15) is 0 Å². The molecule has 0 bridgehead atoms. The number of halogens is 2. The molecular weight excluding hydrogens is 215 g/mol. The molecule has 0 aliphatic heterocycles. The van der Waals surface area contributed by atoms with Crippen LogP contribution in [-0.4, -0.2) is 0 Å². The molecule has 0 atom stereocenters. The van der Waals surface area contributed by atoms with Crippen LogP contribution in [0.3, 0.4) is 0 Å². The number of rotatable bonds is 0. The van der Waals surface area contributed by atoms with Crippen molar-refractivity contribution in [1.29, 1.82) is 5.39 Å². The van der Waals surface area contributed by atoms with Crippen LogP contribution in [0, 0.1) is 5.39 Å². The molecule has 1 rings (SSSR count). The van der Waals surface area contributed by atoms with Crippen LogP contribution in [0.5, 0.6) is 0 Å². The largest absolute Gasteiger partial charge is 0.387 e. The van der Waals surface area contributed by atoms with Gasteiger partial charge in [0, 0.05) is 15.6 Å². The monoisotopic (exact) mass is 217 g/mol. The second-order valence-corrected chi connectivity index (χ2v) is 3.08. The second kappa shape index (κ2) is 3.00. The van der Waals surface area contributed by atoms with Crippen molar-refractivity contribution in [2.75, 3.05) is 0 Å². The van der Waals surface area contributed by atoms with E-state index in [4.69, 9.17) is 17.0 Å². The molecule has 4 heteroatoms. The van der Waals surface area contributed by atoms with Crippen molar-refractivity contribution in [3.63, 3.8) is 0 Å². The van der Waals surface area contributed by atoms with Crippen molar-refractivity contribution >= 4 is 33.2 Å². The summed E-state index contributed by atoms with van der Waals surface area (Å²) in [7, 11) is 0. The number of benzene rings is 1. The molecule has 0 saturated heterocycles. The van der Waals surface area contributed by atoms with Gasteiger partial charge < -0.3 is 0 Å². The van der Waals surface area contributed by atoms with Gasteiger partial charge in [0.1, 0.15) is 0 Å². The van der Waals surface area contributed by atoms with Crippen LogP contribution in [0.15, 0.2) is 22.7 Å². The summed E-state index contributed by atoms with van der Waals surface area (Å²) in [5.74, 6) is 0. The molecule has 10 heavy (non-hydrogen) atoms. The molecule has 0 aromatic heterocycles. The second-order valence-electron chi connectivity index (χ2n) is 1.73. The maximum absolute atomic E-state index is 8.33. The first-order valence-electron chi connectivity index (χ1n) is 2.53. The van der Waals surface area contributed by atoms with Gasteiger partial charge in [-0.25, -0.2) is 0 Å². The number of hydrogen-bond donors (Lipinski definition) is 0. The quantitative estimate of drug-likeness (QED) is 0.612. The lowest BCUT2D eigenvalue weighted by Crippen LogP contribution is -1.64. The van der Waals surface area contributed by atoms with E-state index < -0.39 is 0 Å². The fourth-order valence-electron chi connectivity index (χ4n) is 0.597. The van der Waals surface area contributed by atoms with Crippen LogP contribution >= 0.6 is 27.5 Å². The Hall–Kier alpha value is -0.590. The van der Waals surface area contributed by atoms with Crippen molar-refractivity contribution in [3.05, 3.63) is 32.7 Å². The smallest absolute Gasteiger partial charge is 0.0840 e. The predicted molar refractivity (Wildman–Crippen MR) is 43.9 cm³/mol. The topological polar surface area (TPSA) is 28.1 Å². The van der Waals surface area contributed by atoms with Crippen molar-refractivity contribution in [3.8, 4) is 0 Å². The van der Waals surface area contributed by atoms with E-state index in [1.807, 2.05) is 0 Å². The Morgan fingerprint density at radius 3 is 2.60 bits per heavy atom. The summed E-state index contributed by atoms with van der Waals surface area (Å²) in [5, 5.41) is 8.88. The molecule has 0 saturated carbocycles. The lowest BCUT2D eigenvalue weighted by atomic mass is 10.3. The first kappa shape index (κ1) is 7.52. The lowest BCUT2D eigenvalue weighted by Gasteiger charge is -1.85. The summed E-state index contributed by atoms with van der Waals surface area (Å²) in [6.07, 6.45) is 0. The van der Waals surface area contributed by atoms with E-state index in [0.29, 0.717) is 10.7 Å². The van der Waals surface area contributed by atoms with Gasteiger partial charge in [-0.05, 0) is 6.07 Å². The van der Waals surface area contributed by atoms with E-state index in [0.717, 1.165) is 4.47 Å². The van der Waals surface area contributed by atoms with Crippen molar-refractivity contribution in [1.82, 2.24) is 0 Å². The van der Waals surface area contributed by atoms with Gasteiger partial charge in [-0.3, -0.25) is 0 Å². The summed E-state index contributed by atoms with van der Waals surface area (Å²) >= 11 is 8.83. The van der Waals surface area contributed by atoms with Crippen LogP contribution in [0.2, 0.25) is 5.02 Å². The average molecular weight is 218 g/mol. The fraction of sp³-hybridized carbons (Fsp3) is 0. The molecule has 0 fully saturated rings. The van der Waals surface area contributed by atoms with E-state index in [1.54, 1.807) is 18.2 Å². The molecule has 0 radical (unpaired) electrons. The summed E-state index contributed by atoms with van der Waals surface area (Å²) in [4.78, 5) is 2.98. The van der Waals surface area contributed by atoms with E-state index in [1.165, 1.54) is 0 Å². The minimum absolute atomic E-state index is 0.444. The molecule has 0 heterocycles. The molecule has 1 aromatic carbocycles. The van der Waals surface area contributed by atoms with Gasteiger partial charge in [0.2, 0.25) is 5.39 Å². The Balaban J connectivity index is 3.22. The third-order valence-corrected chi connectivity index (χ3v) is 1.64. The van der Waals surface area contributed by atoms with Gasteiger partial charge in [0.05, 0.1) is 6.07 Å². The molecule has 0 aliphatic rings. The van der Waals surface area contributed by atoms with Gasteiger partial charge in [-0.1, -0.05) is 27.5 Å².